The van der Waals surface area contributed by atoms with Crippen LogP contribution in [0.15, 0.2) is 24.3 Å². The van der Waals surface area contributed by atoms with E-state index in [1.165, 1.54) is 11.8 Å². The lowest BCUT2D eigenvalue weighted by Crippen LogP contribution is -2.39. The van der Waals surface area contributed by atoms with Crippen molar-refractivity contribution in [3.63, 3.8) is 0 Å². The van der Waals surface area contributed by atoms with Gasteiger partial charge in [-0.25, -0.2) is 8.42 Å². The van der Waals surface area contributed by atoms with Crippen LogP contribution in [0, 0.1) is 0 Å². The lowest BCUT2D eigenvalue weighted by Gasteiger charge is -2.18. The Hall–Kier alpha value is -0.870. The quantitative estimate of drug-likeness (QED) is 0.868. The van der Waals surface area contributed by atoms with E-state index in [1.54, 1.807) is 6.92 Å². The number of sulfone groups is 1. The Kier molecular flexibility index (Phi) is 4.71. The van der Waals surface area contributed by atoms with Gasteiger partial charge in [-0.2, -0.15) is 0 Å². The van der Waals surface area contributed by atoms with Crippen molar-refractivity contribution in [2.24, 2.45) is 5.73 Å². The molecule has 3 nitrogen and oxygen atoms in total. The molecule has 0 saturated carbocycles. The third kappa shape index (κ3) is 4.13. The van der Waals surface area contributed by atoms with Crippen LogP contribution in [0.2, 0.25) is 0 Å². The molecule has 0 spiro atoms. The third-order valence-corrected chi connectivity index (χ3v) is 4.88. The standard InChI is InChI=1S/C13H21NO2S/c1-4-11-5-7-12(8-6-11)9-13(14)10(2)17(3,15)16/h5-8,10,13H,4,9,14H2,1-3H3. The molecule has 2 atom stereocenters. The van der Waals surface area contributed by atoms with Crippen molar-refractivity contribution in [2.45, 2.75) is 38.0 Å². The van der Waals surface area contributed by atoms with Crippen LogP contribution >= 0.6 is 0 Å². The normalized spacial score (nSPS) is 15.5. The average molecular weight is 255 g/mol. The molecule has 0 heterocycles. The highest BCUT2D eigenvalue weighted by Gasteiger charge is 2.22. The summed E-state index contributed by atoms with van der Waals surface area (Å²) in [6.45, 7) is 3.77. The summed E-state index contributed by atoms with van der Waals surface area (Å²) in [6, 6.07) is 7.82. The average Bonchev–Trinajstić information content (AvgIpc) is 2.27. The van der Waals surface area contributed by atoms with Gasteiger partial charge in [0.2, 0.25) is 0 Å². The van der Waals surface area contributed by atoms with Crippen molar-refractivity contribution >= 4 is 9.84 Å². The maximum Gasteiger partial charge on any atom is 0.151 e. The largest absolute Gasteiger partial charge is 0.326 e. The Morgan fingerprint density at radius 1 is 1.18 bits per heavy atom. The molecule has 0 aromatic heterocycles. The summed E-state index contributed by atoms with van der Waals surface area (Å²) in [5, 5.41) is -0.506. The molecule has 0 saturated heterocycles. The Morgan fingerprint density at radius 2 is 1.65 bits per heavy atom. The van der Waals surface area contributed by atoms with Crippen LogP contribution < -0.4 is 5.73 Å². The first kappa shape index (κ1) is 14.2. The van der Waals surface area contributed by atoms with Gasteiger partial charge < -0.3 is 5.73 Å². The molecule has 0 aliphatic heterocycles. The monoisotopic (exact) mass is 255 g/mol. The Balaban J connectivity index is 2.71. The maximum atomic E-state index is 11.4. The molecule has 1 rings (SSSR count). The van der Waals surface area contributed by atoms with Crippen LogP contribution in [0.25, 0.3) is 0 Å². The molecule has 0 bridgehead atoms. The molecule has 0 fully saturated rings. The molecule has 96 valence electrons. The van der Waals surface area contributed by atoms with Crippen LogP contribution in [-0.4, -0.2) is 26.0 Å². The van der Waals surface area contributed by atoms with Crippen LogP contribution in [0.5, 0.6) is 0 Å². The minimum absolute atomic E-state index is 0.350. The summed E-state index contributed by atoms with van der Waals surface area (Å²) >= 11 is 0. The minimum Gasteiger partial charge on any atom is -0.326 e. The van der Waals surface area contributed by atoms with Crippen LogP contribution in [0.3, 0.4) is 0 Å². The molecule has 1 aromatic rings. The van der Waals surface area contributed by atoms with Gasteiger partial charge in [-0.15, -0.1) is 0 Å². The van der Waals surface area contributed by atoms with Crippen molar-refractivity contribution in [1.82, 2.24) is 0 Å². The Morgan fingerprint density at radius 3 is 2.06 bits per heavy atom. The highest BCUT2D eigenvalue weighted by molar-refractivity contribution is 7.91. The zero-order chi connectivity index (χ0) is 13.1. The SMILES string of the molecule is CCc1ccc(CC(N)C(C)S(C)(=O)=O)cc1. The molecule has 0 radical (unpaired) electrons. The van der Waals surface area contributed by atoms with E-state index >= 15 is 0 Å². The highest BCUT2D eigenvalue weighted by atomic mass is 32.2. The van der Waals surface area contributed by atoms with E-state index in [0.717, 1.165) is 12.0 Å². The summed E-state index contributed by atoms with van der Waals surface area (Å²) in [5.41, 5.74) is 8.29. The minimum atomic E-state index is -3.06. The fourth-order valence-electron chi connectivity index (χ4n) is 1.67. The van der Waals surface area contributed by atoms with Crippen LogP contribution in [0.4, 0.5) is 0 Å². The number of hydrogen-bond donors (Lipinski definition) is 1. The van der Waals surface area contributed by atoms with E-state index in [0.29, 0.717) is 6.42 Å². The van der Waals surface area contributed by atoms with E-state index in [-0.39, 0.29) is 6.04 Å². The number of nitrogens with two attached hydrogens (primary N) is 1. The highest BCUT2D eigenvalue weighted by Crippen LogP contribution is 2.11. The number of hydrogen-bond acceptors (Lipinski definition) is 3. The summed E-state index contributed by atoms with van der Waals surface area (Å²) in [6.07, 6.45) is 2.84. The van der Waals surface area contributed by atoms with Crippen molar-refractivity contribution < 1.29 is 8.42 Å². The van der Waals surface area contributed by atoms with Gasteiger partial charge >= 0.3 is 0 Å². The number of benzene rings is 1. The molecule has 0 aliphatic rings. The predicted molar refractivity (Wildman–Crippen MR) is 71.8 cm³/mol. The van der Waals surface area contributed by atoms with Gasteiger partial charge in [-0.3, -0.25) is 0 Å². The second-order valence-corrected chi connectivity index (χ2v) is 6.98. The van der Waals surface area contributed by atoms with Crippen molar-refractivity contribution in [1.29, 1.82) is 0 Å². The Bertz CT molecular complexity index is 451. The molecule has 2 N–H and O–H groups in total. The van der Waals surface area contributed by atoms with E-state index in [1.807, 2.05) is 12.1 Å². The smallest absolute Gasteiger partial charge is 0.151 e. The van der Waals surface area contributed by atoms with Gasteiger partial charge in [0.1, 0.15) is 0 Å². The van der Waals surface area contributed by atoms with Gasteiger partial charge in [0.15, 0.2) is 9.84 Å². The molecule has 0 amide bonds. The van der Waals surface area contributed by atoms with Crippen LogP contribution in [0.1, 0.15) is 25.0 Å². The van der Waals surface area contributed by atoms with E-state index in [9.17, 15) is 8.42 Å². The molecule has 17 heavy (non-hydrogen) atoms. The van der Waals surface area contributed by atoms with Gasteiger partial charge in [-0.1, -0.05) is 31.2 Å². The molecular weight excluding hydrogens is 234 g/mol. The summed E-state index contributed by atoms with van der Waals surface area (Å²) < 4.78 is 22.8. The summed E-state index contributed by atoms with van der Waals surface area (Å²) in [5.74, 6) is 0. The first-order valence-electron chi connectivity index (χ1n) is 5.87. The lowest BCUT2D eigenvalue weighted by atomic mass is 10.0. The van der Waals surface area contributed by atoms with Crippen molar-refractivity contribution in [3.8, 4) is 0 Å². The molecule has 4 heteroatoms. The van der Waals surface area contributed by atoms with Gasteiger partial charge in [0, 0.05) is 12.3 Å². The molecule has 0 aliphatic carbocycles. The van der Waals surface area contributed by atoms with Crippen molar-refractivity contribution in [2.75, 3.05) is 6.26 Å². The van der Waals surface area contributed by atoms with Gasteiger partial charge in [0.05, 0.1) is 5.25 Å². The van der Waals surface area contributed by atoms with Crippen LogP contribution in [-0.2, 0) is 22.7 Å². The topological polar surface area (TPSA) is 60.2 Å². The fraction of sp³-hybridized carbons (Fsp3) is 0.538. The number of rotatable bonds is 5. The third-order valence-electron chi connectivity index (χ3n) is 3.18. The second-order valence-electron chi connectivity index (χ2n) is 4.57. The first-order valence-corrected chi connectivity index (χ1v) is 7.82. The summed E-state index contributed by atoms with van der Waals surface area (Å²) in [7, 11) is -3.06. The zero-order valence-corrected chi connectivity index (χ0v) is 11.5. The maximum absolute atomic E-state index is 11.4. The lowest BCUT2D eigenvalue weighted by molar-refractivity contribution is 0.562. The Labute approximate surface area is 104 Å². The van der Waals surface area contributed by atoms with E-state index < -0.39 is 15.1 Å². The van der Waals surface area contributed by atoms with E-state index in [2.05, 4.69) is 19.1 Å². The zero-order valence-electron chi connectivity index (χ0n) is 10.7. The number of aryl methyl sites for hydroxylation is 1. The molecule has 2 unspecified atom stereocenters. The van der Waals surface area contributed by atoms with Gasteiger partial charge in [0.25, 0.3) is 0 Å². The predicted octanol–water partition coefficient (Wildman–Crippen LogP) is 1.55. The fourth-order valence-corrected chi connectivity index (χ4v) is 2.40. The summed E-state index contributed by atoms with van der Waals surface area (Å²) in [4.78, 5) is 0. The molecular formula is C13H21NO2S. The molecule has 1 aromatic carbocycles. The van der Waals surface area contributed by atoms with Crippen molar-refractivity contribution in [3.05, 3.63) is 35.4 Å². The van der Waals surface area contributed by atoms with Gasteiger partial charge in [-0.05, 0) is 30.9 Å². The van der Waals surface area contributed by atoms with E-state index in [4.69, 9.17) is 5.73 Å². The second kappa shape index (κ2) is 5.65. The first-order chi connectivity index (χ1) is 7.84.